The van der Waals surface area contributed by atoms with Crippen LogP contribution in [0.1, 0.15) is 57.8 Å². The lowest BCUT2D eigenvalue weighted by molar-refractivity contribution is -0.121. The summed E-state index contributed by atoms with van der Waals surface area (Å²) in [4.78, 5) is 44.0. The number of thioether (sulfide) groups is 1. The first-order valence-electron chi connectivity index (χ1n) is 12.2. The lowest BCUT2D eigenvalue weighted by atomic mass is 10.0. The maximum absolute atomic E-state index is 14.0. The van der Waals surface area contributed by atoms with Crippen molar-refractivity contribution >= 4 is 58.5 Å². The van der Waals surface area contributed by atoms with Crippen LogP contribution >= 0.6 is 23.4 Å². The van der Waals surface area contributed by atoms with Gasteiger partial charge < -0.3 is 5.73 Å². The molecule has 1 unspecified atom stereocenters. The number of allylic oxidation sites excluding steroid dienone is 1. The van der Waals surface area contributed by atoms with E-state index in [4.69, 9.17) is 17.3 Å². The number of ketones is 1. The van der Waals surface area contributed by atoms with E-state index in [1.165, 1.54) is 54.6 Å². The van der Waals surface area contributed by atoms with E-state index in [1.807, 2.05) is 6.07 Å². The zero-order valence-corrected chi connectivity index (χ0v) is 22.3. The largest absolute Gasteiger partial charge is 0.383 e. The molecule has 40 heavy (non-hydrogen) atoms. The normalized spacial score (nSPS) is 16.8. The first-order valence-corrected chi connectivity index (χ1v) is 13.4. The summed E-state index contributed by atoms with van der Waals surface area (Å²) in [6.45, 7) is 0. The average Bonchev–Trinajstić information content (AvgIpc) is 3.73. The Morgan fingerprint density at radius 2 is 1.82 bits per heavy atom. The van der Waals surface area contributed by atoms with E-state index in [0.29, 0.717) is 5.56 Å². The van der Waals surface area contributed by atoms with Crippen LogP contribution in [0.15, 0.2) is 53.6 Å². The van der Waals surface area contributed by atoms with Crippen LogP contribution in [-0.2, 0) is 9.59 Å². The number of pyridine rings is 1. The maximum Gasteiger partial charge on any atom is 0.247 e. The highest BCUT2D eigenvalue weighted by Gasteiger charge is 2.42. The summed E-state index contributed by atoms with van der Waals surface area (Å²) >= 11 is 6.97. The summed E-state index contributed by atoms with van der Waals surface area (Å²) < 4.78 is 14.0. The second kappa shape index (κ2) is 10.9. The summed E-state index contributed by atoms with van der Waals surface area (Å²) in [5.74, 6) is -1.88. The highest BCUT2D eigenvalue weighted by molar-refractivity contribution is 8.00. The van der Waals surface area contributed by atoms with Crippen LogP contribution in [0.3, 0.4) is 0 Å². The number of benzene rings is 2. The zero-order valence-electron chi connectivity index (χ0n) is 20.7. The van der Waals surface area contributed by atoms with Crippen LogP contribution in [0.4, 0.5) is 15.9 Å². The van der Waals surface area contributed by atoms with Crippen molar-refractivity contribution in [3.8, 4) is 12.1 Å². The minimum absolute atomic E-state index is 0.00823. The number of anilines is 2. The topological polar surface area (TPSA) is 141 Å². The zero-order chi connectivity index (χ0) is 28.6. The fourth-order valence-electron chi connectivity index (χ4n) is 4.49. The maximum atomic E-state index is 14.0. The summed E-state index contributed by atoms with van der Waals surface area (Å²) in [6, 6.07) is 14.2. The van der Waals surface area contributed by atoms with Gasteiger partial charge in [-0.1, -0.05) is 29.4 Å². The Labute approximate surface area is 237 Å². The Kier molecular flexibility index (Phi) is 7.40. The van der Waals surface area contributed by atoms with Crippen molar-refractivity contribution in [3.63, 3.8) is 0 Å². The van der Waals surface area contributed by atoms with E-state index in [9.17, 15) is 29.3 Å². The number of hydrogen-bond acceptors (Lipinski definition) is 8. The van der Waals surface area contributed by atoms with Gasteiger partial charge in [-0.3, -0.25) is 14.4 Å². The van der Waals surface area contributed by atoms with Crippen LogP contribution in [0.2, 0.25) is 5.02 Å². The Balaban J connectivity index is 1.34. The van der Waals surface area contributed by atoms with Gasteiger partial charge in [0.05, 0.1) is 27.1 Å². The molecule has 2 heterocycles. The van der Waals surface area contributed by atoms with Gasteiger partial charge in [-0.2, -0.15) is 10.5 Å². The molecular formula is C29H19ClFN5O3S. The molecule has 2 fully saturated rings. The van der Waals surface area contributed by atoms with Gasteiger partial charge in [0, 0.05) is 17.5 Å². The van der Waals surface area contributed by atoms with Gasteiger partial charge in [-0.15, -0.1) is 0 Å². The molecule has 0 spiro atoms. The fourth-order valence-corrected chi connectivity index (χ4v) is 5.84. The van der Waals surface area contributed by atoms with E-state index in [-0.39, 0.29) is 56.1 Å². The van der Waals surface area contributed by atoms with Gasteiger partial charge >= 0.3 is 0 Å². The van der Waals surface area contributed by atoms with Crippen molar-refractivity contribution in [1.29, 1.82) is 10.5 Å². The number of rotatable bonds is 7. The van der Waals surface area contributed by atoms with Gasteiger partial charge in [-0.05, 0) is 72.9 Å². The van der Waals surface area contributed by atoms with Crippen LogP contribution in [0.5, 0.6) is 0 Å². The number of nitrogen functional groups attached to an aromatic ring is 1. The molecule has 0 radical (unpaired) electrons. The third kappa shape index (κ3) is 5.07. The molecule has 1 aliphatic carbocycles. The molecule has 1 aliphatic heterocycles. The Hall–Kier alpha value is -4.51. The number of nitrogens with zero attached hydrogens (tertiary/aromatic N) is 4. The van der Waals surface area contributed by atoms with E-state index in [1.54, 1.807) is 0 Å². The van der Waals surface area contributed by atoms with E-state index in [2.05, 4.69) is 11.1 Å². The summed E-state index contributed by atoms with van der Waals surface area (Å²) in [6.07, 6.45) is 4.02. The Morgan fingerprint density at radius 1 is 1.12 bits per heavy atom. The first kappa shape index (κ1) is 27.1. The number of amides is 2. The number of hydrogen-bond donors (Lipinski definition) is 1. The number of nitriles is 2. The Bertz CT molecular complexity index is 1670. The minimum Gasteiger partial charge on any atom is -0.383 e. The second-order valence-electron chi connectivity index (χ2n) is 9.22. The fraction of sp³-hybridized carbons (Fsp3) is 0.172. The van der Waals surface area contributed by atoms with Crippen molar-refractivity contribution in [1.82, 2.24) is 4.98 Å². The SMILES string of the molecule is N#Cc1c(N)nc(SC2CC(=O)N(c3ccc(C(=O)C=Cc4c(F)cccc4Cl)cc3)C2=O)c(C#N)c1C1CC1. The molecule has 1 aromatic heterocycles. The highest BCUT2D eigenvalue weighted by Crippen LogP contribution is 2.47. The molecule has 2 N–H and O–H groups in total. The van der Waals surface area contributed by atoms with Gasteiger partial charge in [0.25, 0.3) is 0 Å². The number of imide groups is 1. The molecule has 0 bridgehead atoms. The number of nitrogens with two attached hydrogens (primary N) is 1. The van der Waals surface area contributed by atoms with Crippen LogP contribution in [-0.4, -0.2) is 27.8 Å². The first-order chi connectivity index (χ1) is 19.2. The van der Waals surface area contributed by atoms with E-state index in [0.717, 1.165) is 29.5 Å². The smallest absolute Gasteiger partial charge is 0.247 e. The monoisotopic (exact) mass is 571 g/mol. The molecule has 2 aromatic carbocycles. The summed E-state index contributed by atoms with van der Waals surface area (Å²) in [5.41, 5.74) is 7.59. The molecule has 2 amide bonds. The average molecular weight is 572 g/mol. The van der Waals surface area contributed by atoms with Crippen LogP contribution in [0.25, 0.3) is 6.08 Å². The van der Waals surface area contributed by atoms with Crippen LogP contribution in [0, 0.1) is 28.5 Å². The van der Waals surface area contributed by atoms with Crippen molar-refractivity contribution in [2.45, 2.75) is 35.5 Å². The van der Waals surface area contributed by atoms with Crippen molar-refractivity contribution in [3.05, 3.63) is 87.2 Å². The number of carbonyl (C=O) groups is 3. The van der Waals surface area contributed by atoms with Crippen LogP contribution < -0.4 is 10.6 Å². The number of carbonyl (C=O) groups excluding carboxylic acids is 3. The van der Waals surface area contributed by atoms with Gasteiger partial charge in [-0.25, -0.2) is 14.3 Å². The summed E-state index contributed by atoms with van der Waals surface area (Å²) in [7, 11) is 0. The highest BCUT2D eigenvalue weighted by atomic mass is 35.5. The molecule has 2 aliphatic rings. The van der Waals surface area contributed by atoms with Gasteiger partial charge in [0.15, 0.2) is 5.78 Å². The van der Waals surface area contributed by atoms with Crippen molar-refractivity contribution in [2.24, 2.45) is 0 Å². The molecule has 3 aromatic rings. The Morgan fingerprint density at radius 3 is 2.45 bits per heavy atom. The lowest BCUT2D eigenvalue weighted by Gasteiger charge is -2.16. The molecule has 1 atom stereocenters. The second-order valence-corrected chi connectivity index (χ2v) is 10.8. The predicted octanol–water partition coefficient (Wildman–Crippen LogP) is 5.40. The molecule has 11 heteroatoms. The lowest BCUT2D eigenvalue weighted by Crippen LogP contribution is -2.31. The molecular weight excluding hydrogens is 553 g/mol. The minimum atomic E-state index is -0.846. The molecule has 1 saturated carbocycles. The van der Waals surface area contributed by atoms with Crippen molar-refractivity contribution < 1.29 is 18.8 Å². The standard InChI is InChI=1S/C29H19ClFN5O3S/c30-21-2-1-3-22(31)18(21)10-11-23(37)15-6-8-17(9-7-15)36-25(38)12-24(29(36)39)40-28-20(14-33)26(16-4-5-16)19(13-32)27(34)35-28/h1-3,6-11,16,24H,4-5,12H2,(H2,34,35). The van der Waals surface area contributed by atoms with E-state index >= 15 is 0 Å². The van der Waals surface area contributed by atoms with E-state index < -0.39 is 28.7 Å². The quantitative estimate of drug-likeness (QED) is 0.226. The molecule has 5 rings (SSSR count). The number of halogens is 2. The van der Waals surface area contributed by atoms with Crippen molar-refractivity contribution in [2.75, 3.05) is 10.6 Å². The predicted molar refractivity (Wildman–Crippen MR) is 148 cm³/mol. The number of aromatic nitrogens is 1. The third-order valence-electron chi connectivity index (χ3n) is 6.61. The molecule has 198 valence electrons. The third-order valence-corrected chi connectivity index (χ3v) is 8.11. The molecule has 1 saturated heterocycles. The van der Waals surface area contributed by atoms with Gasteiger partial charge in [0.2, 0.25) is 11.8 Å². The summed E-state index contributed by atoms with van der Waals surface area (Å²) in [5, 5.41) is 18.9. The van der Waals surface area contributed by atoms with Gasteiger partial charge in [0.1, 0.15) is 28.8 Å². The molecule has 8 nitrogen and oxygen atoms in total.